The average Bonchev–Trinajstić information content (AvgIpc) is 2.32. The van der Waals surface area contributed by atoms with Crippen molar-refractivity contribution in [2.24, 2.45) is 5.14 Å². The fraction of sp³-hybridized carbons (Fsp3) is 0.200. The number of nitrogens with two attached hydrogens (primary N) is 1. The van der Waals surface area contributed by atoms with Crippen LogP contribution in [0.1, 0.15) is 4.88 Å². The van der Waals surface area contributed by atoms with E-state index in [2.05, 4.69) is 15.9 Å². The number of primary sulfonamides is 1. The van der Waals surface area contributed by atoms with Crippen molar-refractivity contribution in [3.63, 3.8) is 0 Å². The van der Waals surface area contributed by atoms with Crippen LogP contribution in [-0.4, -0.2) is 8.42 Å². The summed E-state index contributed by atoms with van der Waals surface area (Å²) in [7, 11) is -3.49. The molecular formula is C5H6BrNO2S2. The molecule has 0 aliphatic carbocycles. The molecule has 2 N–H and O–H groups in total. The molecule has 1 aromatic heterocycles. The first-order valence-corrected chi connectivity index (χ1v) is 6.20. The lowest BCUT2D eigenvalue weighted by molar-refractivity contribution is 0.600. The maximum atomic E-state index is 10.7. The number of halogens is 1. The van der Waals surface area contributed by atoms with E-state index < -0.39 is 10.0 Å². The summed E-state index contributed by atoms with van der Waals surface area (Å²) in [5.41, 5.74) is 0. The van der Waals surface area contributed by atoms with Crippen molar-refractivity contribution in [2.75, 3.05) is 0 Å². The maximum Gasteiger partial charge on any atom is 0.247 e. The van der Waals surface area contributed by atoms with Gasteiger partial charge in [-0.25, -0.2) is 13.6 Å². The van der Waals surface area contributed by atoms with E-state index in [1.54, 1.807) is 6.07 Å². The third-order valence-electron chi connectivity index (χ3n) is 1.05. The lowest BCUT2D eigenvalue weighted by Gasteiger charge is -1.88. The lowest BCUT2D eigenvalue weighted by Crippen LogP contribution is -2.09. The van der Waals surface area contributed by atoms with Crippen molar-refractivity contribution < 1.29 is 8.42 Å². The van der Waals surface area contributed by atoms with E-state index in [0.29, 0.717) is 5.33 Å². The summed E-state index contributed by atoms with van der Waals surface area (Å²) in [4.78, 5) is 0.953. The van der Waals surface area contributed by atoms with E-state index in [4.69, 9.17) is 5.14 Å². The molecule has 0 aliphatic rings. The predicted octanol–water partition coefficient (Wildman–Crippen LogP) is 1.29. The smallest absolute Gasteiger partial charge is 0.224 e. The number of alkyl halides is 1. The second-order valence-electron chi connectivity index (χ2n) is 1.90. The van der Waals surface area contributed by atoms with Gasteiger partial charge < -0.3 is 0 Å². The van der Waals surface area contributed by atoms with Crippen LogP contribution < -0.4 is 5.14 Å². The molecule has 6 heteroatoms. The number of hydrogen-bond acceptors (Lipinski definition) is 3. The highest BCUT2D eigenvalue weighted by Crippen LogP contribution is 2.21. The van der Waals surface area contributed by atoms with E-state index in [1.165, 1.54) is 17.4 Å². The summed E-state index contributed by atoms with van der Waals surface area (Å²) >= 11 is 4.39. The van der Waals surface area contributed by atoms with Gasteiger partial charge in [0.25, 0.3) is 0 Å². The van der Waals surface area contributed by atoms with E-state index in [1.807, 2.05) is 0 Å². The summed E-state index contributed by atoms with van der Waals surface area (Å²) in [6.07, 6.45) is 0. The van der Waals surface area contributed by atoms with Gasteiger partial charge in [0.2, 0.25) is 10.0 Å². The molecule has 0 saturated carbocycles. The summed E-state index contributed by atoms with van der Waals surface area (Å²) in [5, 5.41) is 5.55. The van der Waals surface area contributed by atoms with Crippen LogP contribution in [0.3, 0.4) is 0 Å². The molecule has 3 nitrogen and oxygen atoms in total. The van der Waals surface area contributed by atoms with Gasteiger partial charge in [0, 0.05) is 10.2 Å². The van der Waals surface area contributed by atoms with Crippen molar-refractivity contribution in [3.05, 3.63) is 17.0 Å². The Bertz CT molecular complexity index is 343. The van der Waals surface area contributed by atoms with Crippen molar-refractivity contribution in [1.29, 1.82) is 0 Å². The third kappa shape index (κ3) is 2.26. The topological polar surface area (TPSA) is 60.2 Å². The number of rotatable bonds is 2. The Hall–Kier alpha value is 0.0900. The molecule has 0 aromatic carbocycles. The van der Waals surface area contributed by atoms with Gasteiger partial charge in [-0.3, -0.25) is 0 Å². The van der Waals surface area contributed by atoms with Crippen LogP contribution in [0, 0.1) is 0 Å². The Kier molecular flexibility index (Phi) is 2.69. The molecule has 1 heterocycles. The van der Waals surface area contributed by atoms with Crippen LogP contribution in [0.15, 0.2) is 16.3 Å². The van der Waals surface area contributed by atoms with E-state index in [9.17, 15) is 8.42 Å². The molecule has 0 fully saturated rings. The number of sulfonamides is 1. The van der Waals surface area contributed by atoms with Gasteiger partial charge in [-0.05, 0) is 12.1 Å². The molecule has 0 aliphatic heterocycles. The van der Waals surface area contributed by atoms with Crippen LogP contribution >= 0.6 is 27.3 Å². The normalized spacial score (nSPS) is 11.8. The molecule has 0 radical (unpaired) electrons. The second kappa shape index (κ2) is 3.22. The molecule has 0 unspecified atom stereocenters. The minimum absolute atomic E-state index is 0.215. The largest absolute Gasteiger partial charge is 0.247 e. The van der Waals surface area contributed by atoms with Crippen LogP contribution in [-0.2, 0) is 15.4 Å². The molecule has 1 aromatic rings. The molecule has 62 valence electrons. The van der Waals surface area contributed by atoms with Gasteiger partial charge in [0.05, 0.1) is 0 Å². The molecule has 0 saturated heterocycles. The van der Waals surface area contributed by atoms with Crippen molar-refractivity contribution >= 4 is 37.3 Å². The third-order valence-corrected chi connectivity index (χ3v) is 4.55. The van der Waals surface area contributed by atoms with Gasteiger partial charge in [-0.15, -0.1) is 11.3 Å². The van der Waals surface area contributed by atoms with Crippen LogP contribution in [0.4, 0.5) is 0 Å². The average molecular weight is 256 g/mol. The van der Waals surface area contributed by atoms with Gasteiger partial charge >= 0.3 is 0 Å². The van der Waals surface area contributed by atoms with Gasteiger partial charge in [0.15, 0.2) is 0 Å². The van der Waals surface area contributed by atoms with Crippen molar-refractivity contribution in [2.45, 2.75) is 9.54 Å². The van der Waals surface area contributed by atoms with Crippen molar-refractivity contribution in [3.8, 4) is 0 Å². The first kappa shape index (κ1) is 9.18. The highest BCUT2D eigenvalue weighted by atomic mass is 79.9. The van der Waals surface area contributed by atoms with E-state index >= 15 is 0 Å². The Morgan fingerprint density at radius 1 is 1.55 bits per heavy atom. The van der Waals surface area contributed by atoms with E-state index in [-0.39, 0.29) is 4.21 Å². The minimum atomic E-state index is -3.49. The molecule has 1 rings (SSSR count). The Labute approximate surface area is 77.4 Å². The SMILES string of the molecule is NS(=O)(=O)c1ccc(CBr)s1. The van der Waals surface area contributed by atoms with Crippen LogP contribution in [0.2, 0.25) is 0 Å². The first-order chi connectivity index (χ1) is 5.04. The van der Waals surface area contributed by atoms with Gasteiger partial charge in [-0.2, -0.15) is 0 Å². The second-order valence-corrected chi connectivity index (χ2v) is 5.42. The summed E-state index contributed by atoms with van der Waals surface area (Å²) < 4.78 is 21.7. The number of thiophene rings is 1. The zero-order valence-corrected chi connectivity index (χ0v) is 8.67. The summed E-state index contributed by atoms with van der Waals surface area (Å²) in [5.74, 6) is 0. The fourth-order valence-corrected chi connectivity index (χ4v) is 2.74. The highest BCUT2D eigenvalue weighted by molar-refractivity contribution is 9.08. The molecule has 0 atom stereocenters. The van der Waals surface area contributed by atoms with Crippen LogP contribution in [0.25, 0.3) is 0 Å². The highest BCUT2D eigenvalue weighted by Gasteiger charge is 2.09. The van der Waals surface area contributed by atoms with Crippen LogP contribution in [0.5, 0.6) is 0 Å². The van der Waals surface area contributed by atoms with E-state index in [0.717, 1.165) is 4.88 Å². The first-order valence-electron chi connectivity index (χ1n) is 2.71. The zero-order valence-electron chi connectivity index (χ0n) is 5.45. The predicted molar refractivity (Wildman–Crippen MR) is 48.3 cm³/mol. The summed E-state index contributed by atoms with van der Waals surface area (Å²) in [6, 6.07) is 3.25. The Morgan fingerprint density at radius 3 is 2.45 bits per heavy atom. The summed E-state index contributed by atoms with van der Waals surface area (Å²) in [6.45, 7) is 0. The lowest BCUT2D eigenvalue weighted by atomic mass is 10.5. The Morgan fingerprint density at radius 2 is 2.18 bits per heavy atom. The fourth-order valence-electron chi connectivity index (χ4n) is 0.583. The van der Waals surface area contributed by atoms with Crippen molar-refractivity contribution in [1.82, 2.24) is 0 Å². The molecular weight excluding hydrogens is 250 g/mol. The minimum Gasteiger partial charge on any atom is -0.224 e. The van der Waals surface area contributed by atoms with Gasteiger partial charge in [-0.1, -0.05) is 15.9 Å². The zero-order chi connectivity index (χ0) is 8.48. The van der Waals surface area contributed by atoms with Gasteiger partial charge in [0.1, 0.15) is 4.21 Å². The molecule has 0 amide bonds. The quantitative estimate of drug-likeness (QED) is 0.810. The molecule has 0 spiro atoms. The Balaban J connectivity index is 3.09. The number of hydrogen-bond donors (Lipinski definition) is 1. The maximum absolute atomic E-state index is 10.7. The monoisotopic (exact) mass is 255 g/mol. The standard InChI is InChI=1S/C5H6BrNO2S2/c6-3-4-1-2-5(10-4)11(7,8)9/h1-2H,3H2,(H2,7,8,9). The molecule has 0 bridgehead atoms. The molecule has 11 heavy (non-hydrogen) atoms.